The summed E-state index contributed by atoms with van der Waals surface area (Å²) in [7, 11) is -0.861. The van der Waals surface area contributed by atoms with Crippen molar-refractivity contribution in [2.45, 2.75) is 13.8 Å². The van der Waals surface area contributed by atoms with E-state index in [-0.39, 0.29) is 5.56 Å². The monoisotopic (exact) mass is 256 g/mol. The van der Waals surface area contributed by atoms with Crippen molar-refractivity contribution in [3.8, 4) is 0 Å². The minimum Gasteiger partial charge on any atom is -0.478 e. The summed E-state index contributed by atoms with van der Waals surface area (Å²) in [6, 6.07) is 1.65. The van der Waals surface area contributed by atoms with Crippen LogP contribution >= 0.6 is 0 Å². The number of rotatable bonds is 6. The Bertz CT molecular complexity index is 435. The van der Waals surface area contributed by atoms with Gasteiger partial charge in [-0.1, -0.05) is 6.92 Å². The quantitative estimate of drug-likeness (QED) is 0.801. The van der Waals surface area contributed by atoms with Crippen LogP contribution in [0.15, 0.2) is 12.3 Å². The molecule has 1 aromatic heterocycles. The zero-order chi connectivity index (χ0) is 12.8. The van der Waals surface area contributed by atoms with Crippen LogP contribution in [0.3, 0.4) is 0 Å². The van der Waals surface area contributed by atoms with E-state index in [1.807, 2.05) is 6.92 Å². The van der Waals surface area contributed by atoms with Gasteiger partial charge in [0.1, 0.15) is 11.4 Å². The van der Waals surface area contributed by atoms with Crippen LogP contribution in [0, 0.1) is 6.92 Å². The zero-order valence-electron chi connectivity index (χ0n) is 9.90. The van der Waals surface area contributed by atoms with Crippen LogP contribution in [-0.2, 0) is 10.8 Å². The molecule has 0 saturated heterocycles. The summed E-state index contributed by atoms with van der Waals surface area (Å²) in [5.41, 5.74) is 0.835. The second-order valence-corrected chi connectivity index (χ2v) is 5.38. The molecule has 6 heteroatoms. The number of pyridine rings is 1. The highest BCUT2D eigenvalue weighted by atomic mass is 32.2. The molecule has 0 aliphatic carbocycles. The van der Waals surface area contributed by atoms with Crippen molar-refractivity contribution in [1.82, 2.24) is 4.98 Å². The molecular formula is C11H16N2O3S. The lowest BCUT2D eigenvalue weighted by Crippen LogP contribution is -2.16. The third kappa shape index (κ3) is 3.81. The van der Waals surface area contributed by atoms with E-state index in [0.717, 1.165) is 0 Å². The molecule has 1 unspecified atom stereocenters. The third-order valence-electron chi connectivity index (χ3n) is 2.32. The largest absolute Gasteiger partial charge is 0.478 e. The fourth-order valence-corrected chi connectivity index (χ4v) is 2.01. The Morgan fingerprint density at radius 2 is 2.29 bits per heavy atom. The Labute approximate surface area is 103 Å². The fourth-order valence-electron chi connectivity index (χ4n) is 1.39. The number of nitrogens with zero attached hydrogens (tertiary/aromatic N) is 1. The second-order valence-electron chi connectivity index (χ2n) is 3.52. The van der Waals surface area contributed by atoms with Gasteiger partial charge in [-0.25, -0.2) is 9.78 Å². The van der Waals surface area contributed by atoms with Crippen molar-refractivity contribution in [2.24, 2.45) is 0 Å². The van der Waals surface area contributed by atoms with Gasteiger partial charge in [-0.3, -0.25) is 4.21 Å². The number of carboxylic acid groups (broad SMARTS) is 1. The van der Waals surface area contributed by atoms with Gasteiger partial charge in [0.2, 0.25) is 0 Å². The van der Waals surface area contributed by atoms with Crippen molar-refractivity contribution in [2.75, 3.05) is 23.4 Å². The summed E-state index contributed by atoms with van der Waals surface area (Å²) < 4.78 is 11.2. The average Bonchev–Trinajstić information content (AvgIpc) is 2.28. The van der Waals surface area contributed by atoms with Crippen molar-refractivity contribution >= 4 is 22.6 Å². The molecule has 0 aliphatic rings. The summed E-state index contributed by atoms with van der Waals surface area (Å²) >= 11 is 0. The normalized spacial score (nSPS) is 12.1. The van der Waals surface area contributed by atoms with Crippen LogP contribution in [0.5, 0.6) is 0 Å². The van der Waals surface area contributed by atoms with E-state index in [1.54, 1.807) is 19.2 Å². The zero-order valence-corrected chi connectivity index (χ0v) is 10.7. The van der Waals surface area contributed by atoms with Crippen molar-refractivity contribution < 1.29 is 14.1 Å². The van der Waals surface area contributed by atoms with Crippen LogP contribution in [0.25, 0.3) is 0 Å². The maximum atomic E-state index is 11.2. The van der Waals surface area contributed by atoms with Gasteiger partial charge in [-0.15, -0.1) is 0 Å². The van der Waals surface area contributed by atoms with E-state index in [1.165, 1.54) is 0 Å². The van der Waals surface area contributed by atoms with Crippen LogP contribution in [0.1, 0.15) is 22.8 Å². The van der Waals surface area contributed by atoms with Gasteiger partial charge in [0.25, 0.3) is 0 Å². The molecule has 0 aliphatic heterocycles. The van der Waals surface area contributed by atoms with Gasteiger partial charge < -0.3 is 10.4 Å². The molecule has 1 rings (SSSR count). The Morgan fingerprint density at radius 1 is 1.59 bits per heavy atom. The highest BCUT2D eigenvalue weighted by Crippen LogP contribution is 2.16. The van der Waals surface area contributed by atoms with Crippen molar-refractivity contribution in [1.29, 1.82) is 0 Å². The van der Waals surface area contributed by atoms with E-state index < -0.39 is 16.8 Å². The molecule has 0 bridgehead atoms. The summed E-state index contributed by atoms with van der Waals surface area (Å²) in [6.07, 6.45) is 1.56. The highest BCUT2D eigenvalue weighted by molar-refractivity contribution is 7.84. The average molecular weight is 256 g/mol. The number of carbonyl (C=O) groups is 1. The number of aromatic carboxylic acids is 1. The smallest absolute Gasteiger partial charge is 0.339 e. The molecular weight excluding hydrogens is 240 g/mol. The van der Waals surface area contributed by atoms with Crippen molar-refractivity contribution in [3.63, 3.8) is 0 Å². The third-order valence-corrected chi connectivity index (χ3v) is 3.62. The molecule has 0 aromatic carbocycles. The summed E-state index contributed by atoms with van der Waals surface area (Å²) in [6.45, 7) is 4.03. The van der Waals surface area contributed by atoms with E-state index in [9.17, 15) is 9.00 Å². The SMILES string of the molecule is CCS(=O)CCNc1nccc(C)c1C(=O)O. The molecule has 5 nitrogen and oxygen atoms in total. The van der Waals surface area contributed by atoms with E-state index in [0.29, 0.717) is 29.4 Å². The predicted octanol–water partition coefficient (Wildman–Crippen LogP) is 1.27. The van der Waals surface area contributed by atoms with E-state index in [2.05, 4.69) is 10.3 Å². The number of hydrogen-bond donors (Lipinski definition) is 2. The molecule has 2 N–H and O–H groups in total. The number of anilines is 1. The summed E-state index contributed by atoms with van der Waals surface area (Å²) in [4.78, 5) is 15.0. The first-order valence-corrected chi connectivity index (χ1v) is 6.82. The van der Waals surface area contributed by atoms with Gasteiger partial charge in [0.15, 0.2) is 0 Å². The molecule has 17 heavy (non-hydrogen) atoms. The topological polar surface area (TPSA) is 79.3 Å². The van der Waals surface area contributed by atoms with Crippen molar-refractivity contribution in [3.05, 3.63) is 23.4 Å². The maximum Gasteiger partial charge on any atom is 0.339 e. The minimum atomic E-state index is -1.00. The first-order chi connectivity index (χ1) is 8.06. The lowest BCUT2D eigenvalue weighted by molar-refractivity contribution is 0.0697. The standard InChI is InChI=1S/C11H16N2O3S/c1-3-17(16)7-6-13-10-9(11(14)15)8(2)4-5-12-10/h4-5H,3,6-7H2,1-2H3,(H,12,13)(H,14,15). The summed E-state index contributed by atoms with van der Waals surface area (Å²) in [5, 5.41) is 12.0. The number of hydrogen-bond acceptors (Lipinski definition) is 4. The van der Waals surface area contributed by atoms with Crippen LogP contribution < -0.4 is 5.32 Å². The molecule has 1 heterocycles. The number of nitrogens with one attached hydrogen (secondary N) is 1. The van der Waals surface area contributed by atoms with Gasteiger partial charge in [-0.2, -0.15) is 0 Å². The second kappa shape index (κ2) is 6.34. The Balaban J connectivity index is 2.74. The van der Waals surface area contributed by atoms with Gasteiger partial charge in [-0.05, 0) is 18.6 Å². The summed E-state index contributed by atoms with van der Waals surface area (Å²) in [5.74, 6) is 0.431. The molecule has 0 radical (unpaired) electrons. The van der Waals surface area contributed by atoms with Gasteiger partial charge in [0, 0.05) is 35.0 Å². The molecule has 0 amide bonds. The maximum absolute atomic E-state index is 11.2. The Kier molecular flexibility index (Phi) is 5.09. The first kappa shape index (κ1) is 13.6. The fraction of sp³-hybridized carbons (Fsp3) is 0.455. The molecule has 0 saturated carbocycles. The molecule has 0 spiro atoms. The molecule has 1 atom stereocenters. The van der Waals surface area contributed by atoms with Gasteiger partial charge in [0.05, 0.1) is 0 Å². The van der Waals surface area contributed by atoms with Crippen LogP contribution in [0.2, 0.25) is 0 Å². The van der Waals surface area contributed by atoms with Crippen LogP contribution in [0.4, 0.5) is 5.82 Å². The molecule has 1 aromatic rings. The highest BCUT2D eigenvalue weighted by Gasteiger charge is 2.13. The Morgan fingerprint density at radius 3 is 2.88 bits per heavy atom. The Hall–Kier alpha value is -1.43. The first-order valence-electron chi connectivity index (χ1n) is 5.34. The lowest BCUT2D eigenvalue weighted by Gasteiger charge is -2.09. The van der Waals surface area contributed by atoms with E-state index in [4.69, 9.17) is 5.11 Å². The van der Waals surface area contributed by atoms with Crippen LogP contribution in [-0.4, -0.2) is 38.3 Å². The minimum absolute atomic E-state index is 0.176. The lowest BCUT2D eigenvalue weighted by atomic mass is 10.1. The molecule has 0 fully saturated rings. The number of carboxylic acids is 1. The predicted molar refractivity (Wildman–Crippen MR) is 68.0 cm³/mol. The molecule has 94 valence electrons. The number of aromatic nitrogens is 1. The van der Waals surface area contributed by atoms with E-state index >= 15 is 0 Å². The van der Waals surface area contributed by atoms with Gasteiger partial charge >= 0.3 is 5.97 Å². The number of aryl methyl sites for hydroxylation is 1.